The first-order valence-electron chi connectivity index (χ1n) is 5.77. The Hall–Kier alpha value is -0.270. The van der Waals surface area contributed by atoms with Gasteiger partial charge in [0.25, 0.3) is 0 Å². The van der Waals surface area contributed by atoms with Gasteiger partial charge in [0.15, 0.2) is 0 Å². The summed E-state index contributed by atoms with van der Waals surface area (Å²) >= 11 is 0. The minimum atomic E-state index is 0.420. The molecular formula is C11H22N3P. The highest BCUT2D eigenvalue weighted by molar-refractivity contribution is 7.37. The van der Waals surface area contributed by atoms with Gasteiger partial charge in [0.2, 0.25) is 0 Å². The van der Waals surface area contributed by atoms with Crippen LogP contribution < -0.4 is 5.73 Å². The van der Waals surface area contributed by atoms with Crippen LogP contribution in [-0.2, 0) is 0 Å². The second-order valence-corrected chi connectivity index (χ2v) is 5.09. The van der Waals surface area contributed by atoms with E-state index in [-0.39, 0.29) is 0 Å². The van der Waals surface area contributed by atoms with Gasteiger partial charge in [0.1, 0.15) is 0 Å². The minimum absolute atomic E-state index is 0.420. The van der Waals surface area contributed by atoms with E-state index in [2.05, 4.69) is 16.5 Å². The van der Waals surface area contributed by atoms with Crippen LogP contribution in [0.2, 0.25) is 0 Å². The summed E-state index contributed by atoms with van der Waals surface area (Å²) in [5, 5.41) is 0. The molecule has 86 valence electrons. The first-order chi connectivity index (χ1) is 7.36. The van der Waals surface area contributed by atoms with E-state index < -0.39 is 0 Å². The molecule has 0 amide bonds. The molecule has 0 radical (unpaired) electrons. The summed E-state index contributed by atoms with van der Waals surface area (Å²) in [5.74, 6) is 0.846. The van der Waals surface area contributed by atoms with Gasteiger partial charge < -0.3 is 5.73 Å². The van der Waals surface area contributed by atoms with E-state index in [1.165, 1.54) is 37.8 Å². The SMILES string of the molecule is C=NPC/C(CC1CCCCC1)=N\CN. The third-order valence-corrected chi connectivity index (χ3v) is 3.75. The van der Waals surface area contributed by atoms with Crippen LogP contribution in [0.15, 0.2) is 9.76 Å². The topological polar surface area (TPSA) is 50.7 Å². The number of nitrogens with zero attached hydrogens (tertiary/aromatic N) is 2. The lowest BCUT2D eigenvalue weighted by molar-refractivity contribution is 0.368. The zero-order chi connectivity index (χ0) is 10.9. The van der Waals surface area contributed by atoms with E-state index >= 15 is 0 Å². The summed E-state index contributed by atoms with van der Waals surface area (Å²) in [6, 6.07) is 0. The van der Waals surface area contributed by atoms with Crippen LogP contribution >= 0.6 is 8.73 Å². The first-order valence-corrected chi connectivity index (χ1v) is 6.93. The van der Waals surface area contributed by atoms with E-state index in [1.54, 1.807) is 0 Å². The van der Waals surface area contributed by atoms with Crippen LogP contribution in [0.4, 0.5) is 0 Å². The number of hydrogen-bond donors (Lipinski definition) is 1. The molecule has 1 atom stereocenters. The highest BCUT2D eigenvalue weighted by Crippen LogP contribution is 2.27. The molecule has 1 fully saturated rings. The van der Waals surface area contributed by atoms with Gasteiger partial charge in [-0.2, -0.15) is 0 Å². The van der Waals surface area contributed by atoms with Crippen molar-refractivity contribution in [3.05, 3.63) is 0 Å². The van der Waals surface area contributed by atoms with E-state index in [0.29, 0.717) is 15.4 Å². The third-order valence-electron chi connectivity index (χ3n) is 2.96. The van der Waals surface area contributed by atoms with E-state index in [1.807, 2.05) is 0 Å². The van der Waals surface area contributed by atoms with Crippen molar-refractivity contribution in [2.75, 3.05) is 12.8 Å². The molecule has 0 aromatic rings. The molecule has 0 aromatic heterocycles. The molecular weight excluding hydrogens is 205 g/mol. The molecule has 15 heavy (non-hydrogen) atoms. The average Bonchev–Trinajstić information content (AvgIpc) is 2.28. The molecule has 4 heteroatoms. The Labute approximate surface area is 94.5 Å². The Balaban J connectivity index is 2.35. The van der Waals surface area contributed by atoms with Gasteiger partial charge in [-0.25, -0.2) is 0 Å². The molecule has 3 nitrogen and oxygen atoms in total. The van der Waals surface area contributed by atoms with Crippen molar-refractivity contribution >= 4 is 21.2 Å². The predicted octanol–water partition coefficient (Wildman–Crippen LogP) is 2.61. The van der Waals surface area contributed by atoms with Crippen molar-refractivity contribution in [3.8, 4) is 0 Å². The maximum Gasteiger partial charge on any atom is 0.0858 e. The molecule has 1 saturated carbocycles. The highest BCUT2D eigenvalue weighted by Gasteiger charge is 2.15. The normalized spacial score (nSPS) is 19.9. The van der Waals surface area contributed by atoms with E-state index in [9.17, 15) is 0 Å². The maximum absolute atomic E-state index is 5.48. The number of hydrogen-bond acceptors (Lipinski definition) is 3. The summed E-state index contributed by atoms with van der Waals surface area (Å²) < 4.78 is 3.91. The van der Waals surface area contributed by atoms with Crippen molar-refractivity contribution < 1.29 is 0 Å². The second-order valence-electron chi connectivity index (χ2n) is 4.11. The van der Waals surface area contributed by atoms with Gasteiger partial charge in [-0.1, -0.05) is 32.1 Å². The molecule has 0 bridgehead atoms. The van der Waals surface area contributed by atoms with Gasteiger partial charge in [0.05, 0.1) is 6.67 Å². The Kier molecular flexibility index (Phi) is 6.78. The Bertz CT molecular complexity index is 210. The minimum Gasteiger partial charge on any atom is -0.312 e. The van der Waals surface area contributed by atoms with Gasteiger partial charge in [0, 0.05) is 20.6 Å². The fraction of sp³-hybridized carbons (Fsp3) is 0.818. The average molecular weight is 227 g/mol. The van der Waals surface area contributed by atoms with E-state index in [4.69, 9.17) is 5.73 Å². The fourth-order valence-corrected chi connectivity index (χ4v) is 2.74. The monoisotopic (exact) mass is 227 g/mol. The molecule has 0 spiro atoms. The zero-order valence-electron chi connectivity index (χ0n) is 9.41. The van der Waals surface area contributed by atoms with Crippen LogP contribution in [0.1, 0.15) is 38.5 Å². The van der Waals surface area contributed by atoms with Gasteiger partial charge in [-0.15, -0.1) is 0 Å². The Morgan fingerprint density at radius 1 is 1.33 bits per heavy atom. The van der Waals surface area contributed by atoms with Crippen molar-refractivity contribution in [2.45, 2.75) is 38.5 Å². The van der Waals surface area contributed by atoms with Gasteiger partial charge >= 0.3 is 0 Å². The molecule has 1 aliphatic carbocycles. The van der Waals surface area contributed by atoms with Crippen LogP contribution in [0, 0.1) is 5.92 Å². The van der Waals surface area contributed by atoms with Gasteiger partial charge in [-0.05, 0) is 19.1 Å². The number of rotatable bonds is 6. The molecule has 1 aliphatic rings. The third kappa shape index (κ3) is 5.39. The van der Waals surface area contributed by atoms with Crippen LogP contribution in [0.5, 0.6) is 0 Å². The summed E-state index contributed by atoms with van der Waals surface area (Å²) in [7, 11) is 0.554. The summed E-state index contributed by atoms with van der Waals surface area (Å²) in [6.07, 6.45) is 9.04. The molecule has 0 heterocycles. The fourth-order valence-electron chi connectivity index (χ4n) is 2.19. The second kappa shape index (κ2) is 7.95. The quantitative estimate of drug-likeness (QED) is 0.550. The smallest absolute Gasteiger partial charge is 0.0858 e. The standard InChI is InChI=1S/C11H22N3P/c1-13-15-8-11(14-9-12)7-10-5-3-2-4-6-10/h10,15H,1-9,12H2/b14-11-. The largest absolute Gasteiger partial charge is 0.312 e. The van der Waals surface area contributed by atoms with Crippen molar-refractivity contribution in [3.63, 3.8) is 0 Å². The lowest BCUT2D eigenvalue weighted by atomic mass is 9.86. The number of nitrogens with two attached hydrogens (primary N) is 1. The van der Waals surface area contributed by atoms with Crippen molar-refractivity contribution in [1.29, 1.82) is 0 Å². The molecule has 1 rings (SSSR count). The summed E-state index contributed by atoms with van der Waals surface area (Å²) in [6.45, 7) is 3.94. The van der Waals surface area contributed by atoms with Gasteiger partial charge in [-0.3, -0.25) is 9.76 Å². The van der Waals surface area contributed by atoms with Crippen molar-refractivity contribution in [2.24, 2.45) is 21.4 Å². The molecule has 0 saturated heterocycles. The summed E-state index contributed by atoms with van der Waals surface area (Å²) in [4.78, 5) is 4.37. The van der Waals surface area contributed by atoms with Crippen LogP contribution in [0.3, 0.4) is 0 Å². The Morgan fingerprint density at radius 3 is 2.67 bits per heavy atom. The highest BCUT2D eigenvalue weighted by atomic mass is 31.1. The predicted molar refractivity (Wildman–Crippen MR) is 70.4 cm³/mol. The molecule has 1 unspecified atom stereocenters. The lowest BCUT2D eigenvalue weighted by Gasteiger charge is -2.22. The van der Waals surface area contributed by atoms with Crippen molar-refractivity contribution in [1.82, 2.24) is 0 Å². The van der Waals surface area contributed by atoms with E-state index in [0.717, 1.165) is 18.5 Å². The number of aliphatic imine (C=N–C) groups is 1. The molecule has 0 aromatic carbocycles. The molecule has 0 aliphatic heterocycles. The van der Waals surface area contributed by atoms with Crippen LogP contribution in [0.25, 0.3) is 0 Å². The summed E-state index contributed by atoms with van der Waals surface area (Å²) in [5.41, 5.74) is 6.73. The first kappa shape index (κ1) is 12.8. The van der Waals surface area contributed by atoms with Crippen LogP contribution in [-0.4, -0.2) is 25.3 Å². The Morgan fingerprint density at radius 2 is 2.07 bits per heavy atom. The zero-order valence-corrected chi connectivity index (χ0v) is 10.4. The molecule has 2 N–H and O–H groups in total. The lowest BCUT2D eigenvalue weighted by Crippen LogP contribution is -2.15. The maximum atomic E-state index is 5.48.